The lowest BCUT2D eigenvalue weighted by atomic mass is 10.2. The molecule has 1 atom stereocenters. The van der Waals surface area contributed by atoms with Crippen LogP contribution in [-0.4, -0.2) is 17.7 Å². The Hall–Kier alpha value is -1.17. The van der Waals surface area contributed by atoms with Crippen LogP contribution < -0.4 is 5.32 Å². The van der Waals surface area contributed by atoms with E-state index in [-0.39, 0.29) is 6.04 Å². The van der Waals surface area contributed by atoms with Gasteiger partial charge in [0.15, 0.2) is 0 Å². The minimum absolute atomic E-state index is 0.241. The van der Waals surface area contributed by atoms with E-state index in [1.165, 1.54) is 0 Å². The summed E-state index contributed by atoms with van der Waals surface area (Å²) >= 11 is 0. The van der Waals surface area contributed by atoms with Crippen LogP contribution in [-0.2, 0) is 4.74 Å². The van der Waals surface area contributed by atoms with Gasteiger partial charge in [0.25, 0.3) is 0 Å². The van der Waals surface area contributed by atoms with Gasteiger partial charge < -0.3 is 10.1 Å². The molecular weight excluding hydrogens is 166 g/mol. The highest BCUT2D eigenvalue weighted by Crippen LogP contribution is 2.06. The van der Waals surface area contributed by atoms with Crippen molar-refractivity contribution in [2.45, 2.75) is 45.8 Å². The molecule has 1 amide bonds. The van der Waals surface area contributed by atoms with Gasteiger partial charge in [0, 0.05) is 0 Å². The van der Waals surface area contributed by atoms with E-state index in [0.717, 1.165) is 0 Å². The van der Waals surface area contributed by atoms with Crippen LogP contribution in [0.4, 0.5) is 4.79 Å². The Kier molecular flexibility index (Phi) is 4.33. The summed E-state index contributed by atoms with van der Waals surface area (Å²) in [5.74, 6) is 2.46. The minimum Gasteiger partial charge on any atom is -0.444 e. The van der Waals surface area contributed by atoms with Crippen molar-refractivity contribution >= 4 is 6.09 Å². The molecule has 0 aliphatic rings. The SMILES string of the molecule is C#C[C@@H](CC)NC(=O)OC(C)(C)C. The Balaban J connectivity index is 3.96. The van der Waals surface area contributed by atoms with Gasteiger partial charge in [0.2, 0.25) is 0 Å². The molecule has 0 bridgehead atoms. The van der Waals surface area contributed by atoms with E-state index in [2.05, 4.69) is 11.2 Å². The number of rotatable bonds is 2. The van der Waals surface area contributed by atoms with E-state index in [0.29, 0.717) is 6.42 Å². The van der Waals surface area contributed by atoms with Gasteiger partial charge in [-0.2, -0.15) is 0 Å². The summed E-state index contributed by atoms with van der Waals surface area (Å²) in [5, 5.41) is 2.58. The second kappa shape index (κ2) is 4.76. The molecular formula is C10H17NO2. The highest BCUT2D eigenvalue weighted by atomic mass is 16.6. The summed E-state index contributed by atoms with van der Waals surface area (Å²) in [5.41, 5.74) is -0.475. The van der Waals surface area contributed by atoms with Gasteiger partial charge in [0.1, 0.15) is 5.60 Å². The number of terminal acetylenes is 1. The van der Waals surface area contributed by atoms with E-state index < -0.39 is 11.7 Å². The van der Waals surface area contributed by atoms with Gasteiger partial charge in [0.05, 0.1) is 6.04 Å². The molecule has 0 aromatic heterocycles. The van der Waals surface area contributed by atoms with Crippen LogP contribution in [0.2, 0.25) is 0 Å². The van der Waals surface area contributed by atoms with Crippen molar-refractivity contribution in [3.63, 3.8) is 0 Å². The first-order valence-corrected chi connectivity index (χ1v) is 4.34. The van der Waals surface area contributed by atoms with Gasteiger partial charge in [-0.1, -0.05) is 12.8 Å². The lowest BCUT2D eigenvalue weighted by Crippen LogP contribution is -2.38. The highest BCUT2D eigenvalue weighted by Gasteiger charge is 2.17. The average molecular weight is 183 g/mol. The first kappa shape index (κ1) is 11.8. The van der Waals surface area contributed by atoms with E-state index in [4.69, 9.17) is 11.2 Å². The van der Waals surface area contributed by atoms with Gasteiger partial charge in [-0.15, -0.1) is 6.42 Å². The van der Waals surface area contributed by atoms with Crippen molar-refractivity contribution in [3.05, 3.63) is 0 Å². The van der Waals surface area contributed by atoms with Crippen LogP contribution in [0.5, 0.6) is 0 Å². The van der Waals surface area contributed by atoms with Crippen LogP contribution in [0.3, 0.4) is 0 Å². The number of carbonyl (C=O) groups excluding carboxylic acids is 1. The minimum atomic E-state index is -0.475. The summed E-state index contributed by atoms with van der Waals surface area (Å²) in [7, 11) is 0. The van der Waals surface area contributed by atoms with Crippen molar-refractivity contribution in [1.29, 1.82) is 0 Å². The zero-order valence-corrected chi connectivity index (χ0v) is 8.68. The summed E-state index contributed by atoms with van der Waals surface area (Å²) < 4.78 is 5.03. The molecule has 3 heteroatoms. The second-order valence-electron chi connectivity index (χ2n) is 3.77. The molecule has 0 radical (unpaired) electrons. The zero-order valence-electron chi connectivity index (χ0n) is 8.68. The highest BCUT2D eigenvalue weighted by molar-refractivity contribution is 5.68. The molecule has 1 N–H and O–H groups in total. The summed E-state index contributed by atoms with van der Waals surface area (Å²) in [6.45, 7) is 7.33. The number of hydrogen-bond donors (Lipinski definition) is 1. The zero-order chi connectivity index (χ0) is 10.5. The summed E-state index contributed by atoms with van der Waals surface area (Å²) in [4.78, 5) is 11.2. The quantitative estimate of drug-likeness (QED) is 0.664. The lowest BCUT2D eigenvalue weighted by Gasteiger charge is -2.21. The molecule has 3 nitrogen and oxygen atoms in total. The number of nitrogens with one attached hydrogen (secondary N) is 1. The third-order valence-corrected chi connectivity index (χ3v) is 1.30. The molecule has 0 saturated heterocycles. The maximum atomic E-state index is 11.2. The van der Waals surface area contributed by atoms with Crippen LogP contribution in [0.15, 0.2) is 0 Å². The maximum absolute atomic E-state index is 11.2. The van der Waals surface area contributed by atoms with Gasteiger partial charge in [-0.05, 0) is 27.2 Å². The van der Waals surface area contributed by atoms with Gasteiger partial charge in [-0.25, -0.2) is 4.79 Å². The summed E-state index contributed by atoms with van der Waals surface area (Å²) in [6, 6.07) is -0.241. The van der Waals surface area contributed by atoms with Crippen molar-refractivity contribution < 1.29 is 9.53 Å². The molecule has 0 heterocycles. The molecule has 0 rings (SSSR count). The first-order valence-electron chi connectivity index (χ1n) is 4.34. The van der Waals surface area contributed by atoms with E-state index >= 15 is 0 Å². The molecule has 0 saturated carbocycles. The van der Waals surface area contributed by atoms with Gasteiger partial charge in [-0.3, -0.25) is 0 Å². The van der Waals surface area contributed by atoms with Crippen LogP contribution in [0.25, 0.3) is 0 Å². The molecule has 0 fully saturated rings. The number of ether oxygens (including phenoxy) is 1. The fourth-order valence-corrected chi connectivity index (χ4v) is 0.711. The van der Waals surface area contributed by atoms with E-state index in [1.807, 2.05) is 27.7 Å². The number of hydrogen-bond acceptors (Lipinski definition) is 2. The molecule has 0 aliphatic heterocycles. The Morgan fingerprint density at radius 1 is 1.62 bits per heavy atom. The average Bonchev–Trinajstić information content (AvgIpc) is 1.96. The molecule has 0 aromatic carbocycles. The van der Waals surface area contributed by atoms with Crippen molar-refractivity contribution in [2.75, 3.05) is 0 Å². The second-order valence-corrected chi connectivity index (χ2v) is 3.77. The molecule has 0 aliphatic carbocycles. The predicted octanol–water partition coefficient (Wildman–Crippen LogP) is 1.92. The fraction of sp³-hybridized carbons (Fsp3) is 0.700. The van der Waals surface area contributed by atoms with Crippen LogP contribution in [0.1, 0.15) is 34.1 Å². The van der Waals surface area contributed by atoms with Crippen molar-refractivity contribution in [2.24, 2.45) is 0 Å². The van der Waals surface area contributed by atoms with Crippen molar-refractivity contribution in [3.8, 4) is 12.3 Å². The van der Waals surface area contributed by atoms with Crippen molar-refractivity contribution in [1.82, 2.24) is 5.32 Å². The van der Waals surface area contributed by atoms with Crippen LogP contribution in [0, 0.1) is 12.3 Å². The number of alkyl carbamates (subject to hydrolysis) is 1. The third-order valence-electron chi connectivity index (χ3n) is 1.30. The monoisotopic (exact) mass is 183 g/mol. The maximum Gasteiger partial charge on any atom is 0.408 e. The molecule has 0 spiro atoms. The Bertz CT molecular complexity index is 210. The topological polar surface area (TPSA) is 38.3 Å². The number of amides is 1. The fourth-order valence-electron chi connectivity index (χ4n) is 0.711. The van der Waals surface area contributed by atoms with E-state index in [9.17, 15) is 4.79 Å². The molecule has 0 aromatic rings. The smallest absolute Gasteiger partial charge is 0.408 e. The van der Waals surface area contributed by atoms with Gasteiger partial charge >= 0.3 is 6.09 Å². The van der Waals surface area contributed by atoms with E-state index in [1.54, 1.807) is 0 Å². The molecule has 0 unspecified atom stereocenters. The normalized spacial score (nSPS) is 12.8. The predicted molar refractivity (Wildman–Crippen MR) is 52.3 cm³/mol. The largest absolute Gasteiger partial charge is 0.444 e. The standard InChI is InChI=1S/C10H17NO2/c1-6-8(7-2)11-9(12)13-10(3,4)5/h1,8H,7H2,2-5H3,(H,11,12)/t8-/m0/s1. The Morgan fingerprint density at radius 3 is 2.46 bits per heavy atom. The number of carbonyl (C=O) groups is 1. The molecule has 74 valence electrons. The summed E-state index contributed by atoms with van der Waals surface area (Å²) in [6.07, 6.45) is 5.42. The Morgan fingerprint density at radius 2 is 2.15 bits per heavy atom. The Labute approximate surface area is 79.8 Å². The van der Waals surface area contributed by atoms with Crippen LogP contribution >= 0.6 is 0 Å². The lowest BCUT2D eigenvalue weighted by molar-refractivity contribution is 0.0515. The molecule has 13 heavy (non-hydrogen) atoms. The first-order chi connectivity index (χ1) is 5.89. The third kappa shape index (κ3) is 6.03.